The van der Waals surface area contributed by atoms with Crippen molar-refractivity contribution in [1.29, 1.82) is 0 Å². The van der Waals surface area contributed by atoms with Crippen molar-refractivity contribution in [3.8, 4) is 0 Å². The minimum Gasteiger partial charge on any atom is -0.325 e. The summed E-state index contributed by atoms with van der Waals surface area (Å²) in [5.74, 6) is 0. The van der Waals surface area contributed by atoms with Crippen LogP contribution >= 0.6 is 11.6 Å². The average molecular weight is 210 g/mol. The van der Waals surface area contributed by atoms with Crippen molar-refractivity contribution < 1.29 is 0 Å². The fraction of sp³-hybridized carbons (Fsp3) is 0.111. The molecule has 14 heavy (non-hydrogen) atoms. The summed E-state index contributed by atoms with van der Waals surface area (Å²) >= 11 is 5.79. The number of fused-ring (bicyclic) bond motifs is 1. The number of benzene rings is 1. The molecule has 0 aliphatic rings. The number of rotatable bonds is 1. The SMILES string of the molecule is CNn1cnc2ccc(Cl)cc2c1=O. The smallest absolute Gasteiger partial charge is 0.279 e. The van der Waals surface area contributed by atoms with E-state index in [0.29, 0.717) is 15.9 Å². The summed E-state index contributed by atoms with van der Waals surface area (Å²) in [5.41, 5.74) is 3.20. The molecule has 0 aliphatic carbocycles. The molecule has 5 heteroatoms. The maximum absolute atomic E-state index is 11.7. The normalized spacial score (nSPS) is 10.4. The van der Waals surface area contributed by atoms with Gasteiger partial charge in [-0.3, -0.25) is 4.79 Å². The molecule has 0 saturated heterocycles. The average Bonchev–Trinajstić information content (AvgIpc) is 2.20. The maximum atomic E-state index is 11.7. The second-order valence-corrected chi connectivity index (χ2v) is 3.24. The fourth-order valence-electron chi connectivity index (χ4n) is 1.25. The molecule has 0 saturated carbocycles. The number of halogens is 1. The minimum absolute atomic E-state index is 0.153. The molecule has 0 fully saturated rings. The van der Waals surface area contributed by atoms with Crippen LogP contribution in [-0.4, -0.2) is 16.7 Å². The van der Waals surface area contributed by atoms with Gasteiger partial charge in [0, 0.05) is 12.1 Å². The molecule has 0 bridgehead atoms. The lowest BCUT2D eigenvalue weighted by Crippen LogP contribution is -2.26. The van der Waals surface area contributed by atoms with Crippen LogP contribution in [0.2, 0.25) is 5.02 Å². The molecule has 72 valence electrons. The zero-order valence-electron chi connectivity index (χ0n) is 7.49. The maximum Gasteiger partial charge on any atom is 0.279 e. The monoisotopic (exact) mass is 209 g/mol. The highest BCUT2D eigenvalue weighted by Gasteiger charge is 2.02. The lowest BCUT2D eigenvalue weighted by atomic mass is 10.2. The van der Waals surface area contributed by atoms with Crippen LogP contribution in [0.3, 0.4) is 0 Å². The minimum atomic E-state index is -0.153. The Morgan fingerprint density at radius 1 is 1.50 bits per heavy atom. The summed E-state index contributed by atoms with van der Waals surface area (Å²) < 4.78 is 1.30. The van der Waals surface area contributed by atoms with E-state index in [-0.39, 0.29) is 5.56 Å². The van der Waals surface area contributed by atoms with Crippen LogP contribution in [0, 0.1) is 0 Å². The Kier molecular flexibility index (Phi) is 2.13. The van der Waals surface area contributed by atoms with E-state index in [1.807, 2.05) is 0 Å². The summed E-state index contributed by atoms with van der Waals surface area (Å²) in [4.78, 5) is 15.8. The zero-order chi connectivity index (χ0) is 10.1. The molecule has 1 heterocycles. The number of aromatic nitrogens is 2. The summed E-state index contributed by atoms with van der Waals surface area (Å²) in [5, 5.41) is 1.04. The molecular weight excluding hydrogens is 202 g/mol. The van der Waals surface area contributed by atoms with Gasteiger partial charge in [-0.15, -0.1) is 0 Å². The number of nitrogens with zero attached hydrogens (tertiary/aromatic N) is 2. The van der Waals surface area contributed by atoms with Crippen molar-refractivity contribution in [2.75, 3.05) is 12.5 Å². The van der Waals surface area contributed by atoms with Crippen molar-refractivity contribution in [3.05, 3.63) is 39.9 Å². The Balaban J connectivity index is 2.87. The van der Waals surface area contributed by atoms with E-state index in [9.17, 15) is 4.79 Å². The summed E-state index contributed by atoms with van der Waals surface area (Å²) in [6, 6.07) is 5.04. The zero-order valence-corrected chi connectivity index (χ0v) is 8.25. The third-order valence-electron chi connectivity index (χ3n) is 1.96. The molecule has 0 atom stereocenters. The van der Waals surface area contributed by atoms with E-state index in [1.54, 1.807) is 25.2 Å². The van der Waals surface area contributed by atoms with E-state index < -0.39 is 0 Å². The van der Waals surface area contributed by atoms with Crippen LogP contribution in [-0.2, 0) is 0 Å². The van der Waals surface area contributed by atoms with E-state index in [2.05, 4.69) is 10.4 Å². The molecule has 0 unspecified atom stereocenters. The molecule has 0 aliphatic heterocycles. The van der Waals surface area contributed by atoms with E-state index in [1.165, 1.54) is 11.0 Å². The van der Waals surface area contributed by atoms with Gasteiger partial charge in [-0.2, -0.15) is 0 Å². The van der Waals surface area contributed by atoms with Crippen LogP contribution in [0.1, 0.15) is 0 Å². The van der Waals surface area contributed by atoms with Gasteiger partial charge in [-0.05, 0) is 18.2 Å². The Morgan fingerprint density at radius 3 is 3.00 bits per heavy atom. The predicted octanol–water partition coefficient (Wildman–Crippen LogP) is 1.22. The summed E-state index contributed by atoms with van der Waals surface area (Å²) in [7, 11) is 1.65. The molecule has 1 aromatic heterocycles. The van der Waals surface area contributed by atoms with Crippen LogP contribution in [0.4, 0.5) is 0 Å². The first-order valence-electron chi connectivity index (χ1n) is 4.07. The fourth-order valence-corrected chi connectivity index (χ4v) is 1.43. The molecule has 0 radical (unpaired) electrons. The van der Waals surface area contributed by atoms with Gasteiger partial charge in [0.1, 0.15) is 6.33 Å². The van der Waals surface area contributed by atoms with Crippen molar-refractivity contribution in [2.45, 2.75) is 0 Å². The van der Waals surface area contributed by atoms with Gasteiger partial charge < -0.3 is 5.43 Å². The lowest BCUT2D eigenvalue weighted by molar-refractivity contribution is 0.855. The van der Waals surface area contributed by atoms with Crippen LogP contribution in [0.25, 0.3) is 10.9 Å². The standard InChI is InChI=1S/C9H8ClN3O/c1-11-13-5-12-8-3-2-6(10)4-7(8)9(13)14/h2-5,11H,1H3. The van der Waals surface area contributed by atoms with Gasteiger partial charge in [0.25, 0.3) is 5.56 Å². The first-order valence-corrected chi connectivity index (χ1v) is 4.45. The molecule has 2 rings (SSSR count). The highest BCUT2D eigenvalue weighted by Crippen LogP contribution is 2.13. The Labute approximate surface area is 85.1 Å². The first kappa shape index (κ1) is 9.02. The van der Waals surface area contributed by atoms with Crippen molar-refractivity contribution >= 4 is 22.5 Å². The second-order valence-electron chi connectivity index (χ2n) is 2.80. The van der Waals surface area contributed by atoms with Crippen LogP contribution in [0.15, 0.2) is 29.3 Å². The molecule has 1 N–H and O–H groups in total. The van der Waals surface area contributed by atoms with Gasteiger partial charge in [0.05, 0.1) is 10.9 Å². The van der Waals surface area contributed by atoms with Crippen molar-refractivity contribution in [1.82, 2.24) is 9.66 Å². The Hall–Kier alpha value is -1.55. The highest BCUT2D eigenvalue weighted by atomic mass is 35.5. The van der Waals surface area contributed by atoms with Gasteiger partial charge in [-0.25, -0.2) is 9.66 Å². The Bertz CT molecular complexity index is 535. The largest absolute Gasteiger partial charge is 0.325 e. The van der Waals surface area contributed by atoms with Crippen LogP contribution in [0.5, 0.6) is 0 Å². The number of hydrogen-bond acceptors (Lipinski definition) is 3. The third kappa shape index (κ3) is 1.33. The lowest BCUT2D eigenvalue weighted by Gasteiger charge is -2.04. The summed E-state index contributed by atoms with van der Waals surface area (Å²) in [6.07, 6.45) is 1.44. The molecule has 4 nitrogen and oxygen atoms in total. The van der Waals surface area contributed by atoms with E-state index in [0.717, 1.165) is 0 Å². The van der Waals surface area contributed by atoms with Gasteiger partial charge in [0.2, 0.25) is 0 Å². The van der Waals surface area contributed by atoms with E-state index >= 15 is 0 Å². The molecule has 2 aromatic rings. The molecule has 1 aromatic carbocycles. The number of hydrogen-bond donors (Lipinski definition) is 1. The highest BCUT2D eigenvalue weighted by molar-refractivity contribution is 6.31. The van der Waals surface area contributed by atoms with E-state index in [4.69, 9.17) is 11.6 Å². The number of nitrogens with one attached hydrogen (secondary N) is 1. The third-order valence-corrected chi connectivity index (χ3v) is 2.20. The molecular formula is C9H8ClN3O. The van der Waals surface area contributed by atoms with Gasteiger partial charge >= 0.3 is 0 Å². The summed E-state index contributed by atoms with van der Waals surface area (Å²) in [6.45, 7) is 0. The van der Waals surface area contributed by atoms with Crippen molar-refractivity contribution in [3.63, 3.8) is 0 Å². The van der Waals surface area contributed by atoms with Gasteiger partial charge in [0.15, 0.2) is 0 Å². The second kappa shape index (κ2) is 3.31. The van der Waals surface area contributed by atoms with Crippen molar-refractivity contribution in [2.24, 2.45) is 0 Å². The topological polar surface area (TPSA) is 46.9 Å². The molecule has 0 spiro atoms. The van der Waals surface area contributed by atoms with Crippen LogP contribution < -0.4 is 11.0 Å². The molecule has 0 amide bonds. The Morgan fingerprint density at radius 2 is 2.29 bits per heavy atom. The quantitative estimate of drug-likeness (QED) is 0.769. The van der Waals surface area contributed by atoms with Gasteiger partial charge in [-0.1, -0.05) is 11.6 Å². The first-order chi connectivity index (χ1) is 6.72. The predicted molar refractivity (Wildman–Crippen MR) is 56.3 cm³/mol.